The number of hydrogen-bond acceptors (Lipinski definition) is 6. The third-order valence-corrected chi connectivity index (χ3v) is 4.03. The van der Waals surface area contributed by atoms with Gasteiger partial charge in [0, 0.05) is 23.3 Å². The third-order valence-electron chi connectivity index (χ3n) is 2.99. The number of aromatic nitrogens is 3. The zero-order chi connectivity index (χ0) is 13.2. The van der Waals surface area contributed by atoms with Crippen LogP contribution in [-0.2, 0) is 12.8 Å². The average molecular weight is 275 g/mol. The molecule has 0 radical (unpaired) electrons. The lowest BCUT2D eigenvalue weighted by Gasteiger charge is -2.15. The first-order valence-electron chi connectivity index (χ1n) is 6.04. The van der Waals surface area contributed by atoms with Crippen LogP contribution < -0.4 is 11.1 Å². The van der Waals surface area contributed by atoms with E-state index in [-0.39, 0.29) is 17.6 Å². The number of thiazole rings is 1. The summed E-state index contributed by atoms with van der Waals surface area (Å²) in [6, 6.07) is 0.205. The summed E-state index contributed by atoms with van der Waals surface area (Å²) in [5.41, 5.74) is 7.27. The van der Waals surface area contributed by atoms with Gasteiger partial charge in [-0.25, -0.2) is 9.97 Å². The fraction of sp³-hybridized carbons (Fsp3) is 0.333. The second-order valence-corrected chi connectivity index (χ2v) is 5.52. The van der Waals surface area contributed by atoms with Crippen molar-refractivity contribution in [2.75, 3.05) is 5.32 Å². The van der Waals surface area contributed by atoms with Crippen LogP contribution in [0.3, 0.4) is 0 Å². The van der Waals surface area contributed by atoms with Crippen molar-refractivity contribution in [3.05, 3.63) is 34.9 Å². The number of carbonyl (C=O) groups is 1. The minimum absolute atomic E-state index is 0.205. The number of carbonyl (C=O) groups excluding carboxylic acids is 1. The van der Waals surface area contributed by atoms with Crippen molar-refractivity contribution in [3.8, 4) is 0 Å². The van der Waals surface area contributed by atoms with Crippen molar-refractivity contribution in [2.45, 2.75) is 25.3 Å². The number of fused-ring (bicyclic) bond motifs is 1. The number of amides is 1. The molecule has 2 heterocycles. The number of anilines is 1. The van der Waals surface area contributed by atoms with Gasteiger partial charge in [-0.05, 0) is 19.3 Å². The molecule has 1 amide bonds. The molecule has 0 aromatic carbocycles. The van der Waals surface area contributed by atoms with Gasteiger partial charge >= 0.3 is 0 Å². The monoisotopic (exact) mass is 275 g/mol. The summed E-state index contributed by atoms with van der Waals surface area (Å²) in [4.78, 5) is 25.3. The molecule has 3 N–H and O–H groups in total. The Balaban J connectivity index is 1.76. The number of aryl methyl sites for hydroxylation is 1. The van der Waals surface area contributed by atoms with E-state index in [0.29, 0.717) is 5.13 Å². The molecular formula is C12H13N5OS. The maximum Gasteiger partial charge on any atom is 0.277 e. The van der Waals surface area contributed by atoms with Crippen LogP contribution in [0.1, 0.15) is 27.5 Å². The van der Waals surface area contributed by atoms with Gasteiger partial charge in [-0.1, -0.05) is 0 Å². The van der Waals surface area contributed by atoms with Gasteiger partial charge in [-0.2, -0.15) is 0 Å². The Morgan fingerprint density at radius 2 is 2.37 bits per heavy atom. The van der Waals surface area contributed by atoms with Crippen LogP contribution in [0.4, 0.5) is 5.13 Å². The fourth-order valence-electron chi connectivity index (χ4n) is 2.03. The van der Waals surface area contributed by atoms with E-state index in [1.165, 1.54) is 34.8 Å². The maximum atomic E-state index is 11.9. The van der Waals surface area contributed by atoms with Crippen LogP contribution in [0.5, 0.6) is 0 Å². The van der Waals surface area contributed by atoms with E-state index in [0.717, 1.165) is 25.0 Å². The highest BCUT2D eigenvalue weighted by Crippen LogP contribution is 2.29. The van der Waals surface area contributed by atoms with Gasteiger partial charge < -0.3 is 5.73 Å². The number of hydrogen-bond donors (Lipinski definition) is 2. The molecule has 2 aromatic rings. The lowest BCUT2D eigenvalue weighted by atomic mass is 9.99. The molecule has 0 fully saturated rings. The van der Waals surface area contributed by atoms with Crippen molar-refractivity contribution in [2.24, 2.45) is 5.73 Å². The second kappa shape index (κ2) is 5.02. The molecule has 0 spiro atoms. The molecule has 0 saturated heterocycles. The molecule has 1 atom stereocenters. The Morgan fingerprint density at radius 3 is 3.16 bits per heavy atom. The second-order valence-electron chi connectivity index (χ2n) is 4.44. The van der Waals surface area contributed by atoms with E-state index < -0.39 is 0 Å². The molecule has 1 aliphatic rings. The Morgan fingerprint density at radius 1 is 1.47 bits per heavy atom. The maximum absolute atomic E-state index is 11.9. The summed E-state index contributed by atoms with van der Waals surface area (Å²) < 4.78 is 0. The molecule has 3 rings (SSSR count). The summed E-state index contributed by atoms with van der Waals surface area (Å²) in [5.74, 6) is -0.288. The predicted molar refractivity (Wildman–Crippen MR) is 72.1 cm³/mol. The highest BCUT2D eigenvalue weighted by atomic mass is 32.1. The quantitative estimate of drug-likeness (QED) is 0.852. The van der Waals surface area contributed by atoms with Gasteiger partial charge in [0.15, 0.2) is 5.13 Å². The van der Waals surface area contributed by atoms with E-state index in [1.807, 2.05) is 0 Å². The minimum atomic E-state index is -0.288. The van der Waals surface area contributed by atoms with Gasteiger partial charge in [0.2, 0.25) is 0 Å². The normalized spacial score (nSPS) is 17.8. The average Bonchev–Trinajstić information content (AvgIpc) is 2.81. The molecule has 1 aliphatic carbocycles. The topological polar surface area (TPSA) is 93.8 Å². The van der Waals surface area contributed by atoms with Gasteiger partial charge in [-0.15, -0.1) is 11.3 Å². The molecule has 0 aliphatic heterocycles. The number of nitrogens with zero attached hydrogens (tertiary/aromatic N) is 3. The summed E-state index contributed by atoms with van der Waals surface area (Å²) in [5, 5.41) is 3.36. The summed E-state index contributed by atoms with van der Waals surface area (Å²) >= 11 is 1.49. The number of rotatable bonds is 2. The first-order valence-corrected chi connectivity index (χ1v) is 6.85. The zero-order valence-electron chi connectivity index (χ0n) is 10.2. The van der Waals surface area contributed by atoms with Crippen molar-refractivity contribution in [3.63, 3.8) is 0 Å². The van der Waals surface area contributed by atoms with E-state index >= 15 is 0 Å². The number of nitrogens with two attached hydrogens (primary N) is 1. The minimum Gasteiger partial charge on any atom is -0.327 e. The van der Waals surface area contributed by atoms with E-state index in [9.17, 15) is 4.79 Å². The van der Waals surface area contributed by atoms with Crippen molar-refractivity contribution in [1.82, 2.24) is 15.0 Å². The summed E-state index contributed by atoms with van der Waals surface area (Å²) in [6.45, 7) is 0. The molecule has 2 aromatic heterocycles. The Labute approximate surface area is 114 Å². The van der Waals surface area contributed by atoms with Crippen LogP contribution in [0.2, 0.25) is 0 Å². The van der Waals surface area contributed by atoms with E-state index in [2.05, 4.69) is 20.3 Å². The highest BCUT2D eigenvalue weighted by molar-refractivity contribution is 7.15. The zero-order valence-corrected chi connectivity index (χ0v) is 11.0. The van der Waals surface area contributed by atoms with Crippen molar-refractivity contribution >= 4 is 22.4 Å². The summed E-state index contributed by atoms with van der Waals surface area (Å²) in [7, 11) is 0. The van der Waals surface area contributed by atoms with Gasteiger partial charge in [0.05, 0.1) is 11.9 Å². The van der Waals surface area contributed by atoms with Crippen LogP contribution in [0.15, 0.2) is 18.6 Å². The Hall–Kier alpha value is -1.86. The van der Waals surface area contributed by atoms with Gasteiger partial charge in [0.25, 0.3) is 5.91 Å². The molecule has 6 nitrogen and oxygen atoms in total. The van der Waals surface area contributed by atoms with Crippen LogP contribution >= 0.6 is 11.3 Å². The first kappa shape index (κ1) is 12.2. The fourth-order valence-corrected chi connectivity index (χ4v) is 3.13. The van der Waals surface area contributed by atoms with Crippen LogP contribution in [0.25, 0.3) is 0 Å². The Kier molecular flexibility index (Phi) is 3.22. The Bertz CT molecular complexity index is 597. The lowest BCUT2D eigenvalue weighted by molar-refractivity contribution is 0.102. The van der Waals surface area contributed by atoms with E-state index in [1.54, 1.807) is 0 Å². The smallest absolute Gasteiger partial charge is 0.277 e. The van der Waals surface area contributed by atoms with Crippen LogP contribution in [-0.4, -0.2) is 26.9 Å². The molecule has 7 heteroatoms. The largest absolute Gasteiger partial charge is 0.327 e. The highest BCUT2D eigenvalue weighted by Gasteiger charge is 2.21. The van der Waals surface area contributed by atoms with Crippen molar-refractivity contribution in [1.29, 1.82) is 0 Å². The predicted octanol–water partition coefficient (Wildman–Crippen LogP) is 1.00. The van der Waals surface area contributed by atoms with Crippen LogP contribution in [0, 0.1) is 0 Å². The van der Waals surface area contributed by atoms with E-state index in [4.69, 9.17) is 5.73 Å². The molecule has 98 valence electrons. The van der Waals surface area contributed by atoms with Gasteiger partial charge in [-0.3, -0.25) is 15.1 Å². The molecule has 0 saturated carbocycles. The SMILES string of the molecule is N[C@H]1CCc2nc(NC(=O)c3cnccn3)sc2C1. The molecule has 19 heavy (non-hydrogen) atoms. The first-order chi connectivity index (χ1) is 9.22. The third kappa shape index (κ3) is 2.61. The lowest BCUT2D eigenvalue weighted by Crippen LogP contribution is -2.27. The molecule has 0 bridgehead atoms. The molecular weight excluding hydrogens is 262 g/mol. The molecule has 0 unspecified atom stereocenters. The van der Waals surface area contributed by atoms with Gasteiger partial charge in [0.1, 0.15) is 5.69 Å². The number of nitrogens with one attached hydrogen (secondary N) is 1. The van der Waals surface area contributed by atoms with Crippen molar-refractivity contribution < 1.29 is 4.79 Å². The summed E-state index contributed by atoms with van der Waals surface area (Å²) in [6.07, 6.45) is 7.12. The standard InChI is InChI=1S/C12H13N5OS/c13-7-1-2-8-10(5-7)19-12(16-8)17-11(18)9-6-14-3-4-15-9/h3-4,6-7H,1-2,5,13H2,(H,16,17,18)/t7-/m0/s1.